The van der Waals surface area contributed by atoms with Gasteiger partial charge in [-0.3, -0.25) is 0 Å². The predicted octanol–water partition coefficient (Wildman–Crippen LogP) is 3.07. The number of rotatable bonds is 4. The third-order valence-electron chi connectivity index (χ3n) is 3.69. The van der Waals surface area contributed by atoms with Crippen molar-refractivity contribution in [1.82, 2.24) is 10.1 Å². The quantitative estimate of drug-likeness (QED) is 0.938. The molecule has 0 spiro atoms. The number of benzene rings is 1. The summed E-state index contributed by atoms with van der Waals surface area (Å²) in [6.07, 6.45) is 3.79. The second-order valence-corrected chi connectivity index (χ2v) is 5.19. The van der Waals surface area contributed by atoms with Crippen molar-refractivity contribution in [2.45, 2.75) is 37.8 Å². The lowest BCUT2D eigenvalue weighted by Crippen LogP contribution is -2.34. The summed E-state index contributed by atoms with van der Waals surface area (Å²) >= 11 is 0. The summed E-state index contributed by atoms with van der Waals surface area (Å²) in [7, 11) is 0. The molecule has 1 aliphatic carbocycles. The number of aromatic nitrogens is 2. The Hall–Kier alpha value is -2.02. The SMILES string of the molecule is NC1(c2noc(-c3ccc(OC(F)F)cc3)n2)CCCC1. The molecule has 2 N–H and O–H groups in total. The van der Waals surface area contributed by atoms with Gasteiger partial charge in [0, 0.05) is 5.56 Å². The van der Waals surface area contributed by atoms with Crippen molar-refractivity contribution < 1.29 is 18.0 Å². The van der Waals surface area contributed by atoms with E-state index in [2.05, 4.69) is 14.9 Å². The molecule has 112 valence electrons. The molecule has 5 nitrogen and oxygen atoms in total. The molecular formula is C14H15F2N3O2. The maximum atomic E-state index is 12.1. The Morgan fingerprint density at radius 1 is 1.19 bits per heavy atom. The number of nitrogens with zero attached hydrogens (tertiary/aromatic N) is 2. The lowest BCUT2D eigenvalue weighted by molar-refractivity contribution is -0.0498. The fourth-order valence-electron chi connectivity index (χ4n) is 2.55. The topological polar surface area (TPSA) is 74.2 Å². The van der Waals surface area contributed by atoms with Gasteiger partial charge in [0.05, 0.1) is 5.54 Å². The fourth-order valence-corrected chi connectivity index (χ4v) is 2.55. The summed E-state index contributed by atoms with van der Waals surface area (Å²) in [5.41, 5.74) is 6.39. The Bertz CT molecular complexity index is 607. The van der Waals surface area contributed by atoms with E-state index in [0.29, 0.717) is 17.3 Å². The molecule has 2 aromatic rings. The van der Waals surface area contributed by atoms with Gasteiger partial charge in [0.2, 0.25) is 0 Å². The summed E-state index contributed by atoms with van der Waals surface area (Å²) in [4.78, 5) is 4.33. The lowest BCUT2D eigenvalue weighted by atomic mass is 9.99. The standard InChI is InChI=1S/C14H15F2N3O2/c15-13(16)20-10-5-3-9(4-6-10)11-18-12(19-21-11)14(17)7-1-2-8-14/h3-6,13H,1-2,7-8,17H2. The highest BCUT2D eigenvalue weighted by atomic mass is 19.3. The number of halogens is 2. The van der Waals surface area contributed by atoms with Crippen molar-refractivity contribution >= 4 is 0 Å². The fraction of sp³-hybridized carbons (Fsp3) is 0.429. The first kappa shape index (κ1) is 13.9. The van der Waals surface area contributed by atoms with E-state index >= 15 is 0 Å². The van der Waals surface area contributed by atoms with Crippen LogP contribution in [-0.2, 0) is 5.54 Å². The monoisotopic (exact) mass is 295 g/mol. The van der Waals surface area contributed by atoms with Crippen molar-refractivity contribution in [3.63, 3.8) is 0 Å². The van der Waals surface area contributed by atoms with Gasteiger partial charge in [0.1, 0.15) is 5.75 Å². The van der Waals surface area contributed by atoms with Crippen LogP contribution in [0.2, 0.25) is 0 Å². The van der Waals surface area contributed by atoms with Crippen LogP contribution in [-0.4, -0.2) is 16.8 Å². The molecule has 1 heterocycles. The van der Waals surface area contributed by atoms with E-state index in [9.17, 15) is 8.78 Å². The van der Waals surface area contributed by atoms with Gasteiger partial charge in [-0.05, 0) is 37.1 Å². The molecule has 1 aliphatic rings. The van der Waals surface area contributed by atoms with Crippen LogP contribution in [0.25, 0.3) is 11.5 Å². The van der Waals surface area contributed by atoms with Gasteiger partial charge >= 0.3 is 6.61 Å². The maximum Gasteiger partial charge on any atom is 0.387 e. The van der Waals surface area contributed by atoms with E-state index < -0.39 is 12.2 Å². The first-order valence-corrected chi connectivity index (χ1v) is 6.75. The molecule has 1 fully saturated rings. The van der Waals surface area contributed by atoms with Gasteiger partial charge < -0.3 is 15.0 Å². The van der Waals surface area contributed by atoms with E-state index in [-0.39, 0.29) is 5.75 Å². The number of hydrogen-bond donors (Lipinski definition) is 1. The van der Waals surface area contributed by atoms with Crippen LogP contribution in [0.4, 0.5) is 8.78 Å². The molecule has 0 unspecified atom stereocenters. The third-order valence-corrected chi connectivity index (χ3v) is 3.69. The van der Waals surface area contributed by atoms with Crippen molar-refractivity contribution in [2.75, 3.05) is 0 Å². The van der Waals surface area contributed by atoms with Crippen LogP contribution in [0.5, 0.6) is 5.75 Å². The maximum absolute atomic E-state index is 12.1. The zero-order chi connectivity index (χ0) is 14.9. The first-order chi connectivity index (χ1) is 10.1. The van der Waals surface area contributed by atoms with E-state index in [0.717, 1.165) is 25.7 Å². The average molecular weight is 295 g/mol. The van der Waals surface area contributed by atoms with Gasteiger partial charge in [0.25, 0.3) is 5.89 Å². The lowest BCUT2D eigenvalue weighted by Gasteiger charge is -2.17. The van der Waals surface area contributed by atoms with Gasteiger partial charge in [0.15, 0.2) is 5.82 Å². The minimum Gasteiger partial charge on any atom is -0.435 e. The van der Waals surface area contributed by atoms with Crippen molar-refractivity contribution in [1.29, 1.82) is 0 Å². The van der Waals surface area contributed by atoms with Crippen LogP contribution in [0, 0.1) is 0 Å². The number of ether oxygens (including phenoxy) is 1. The molecule has 1 saturated carbocycles. The Labute approximate surface area is 120 Å². The summed E-state index contributed by atoms with van der Waals surface area (Å²) in [6.45, 7) is -2.84. The molecule has 1 aromatic heterocycles. The van der Waals surface area contributed by atoms with E-state index in [4.69, 9.17) is 10.3 Å². The predicted molar refractivity (Wildman–Crippen MR) is 70.7 cm³/mol. The zero-order valence-corrected chi connectivity index (χ0v) is 11.3. The summed E-state index contributed by atoms with van der Waals surface area (Å²) in [5.74, 6) is 0.910. The van der Waals surface area contributed by atoms with Crippen LogP contribution in [0.1, 0.15) is 31.5 Å². The first-order valence-electron chi connectivity index (χ1n) is 6.75. The minimum atomic E-state index is -2.84. The normalized spacial score (nSPS) is 17.3. The van der Waals surface area contributed by atoms with Crippen LogP contribution >= 0.6 is 0 Å². The van der Waals surface area contributed by atoms with E-state index in [1.807, 2.05) is 0 Å². The molecule has 21 heavy (non-hydrogen) atoms. The van der Waals surface area contributed by atoms with Gasteiger partial charge in [-0.1, -0.05) is 18.0 Å². The van der Waals surface area contributed by atoms with Crippen molar-refractivity contribution in [2.24, 2.45) is 5.73 Å². The highest BCUT2D eigenvalue weighted by molar-refractivity contribution is 5.54. The summed E-state index contributed by atoms with van der Waals surface area (Å²) < 4.78 is 33.7. The molecule has 7 heteroatoms. The second-order valence-electron chi connectivity index (χ2n) is 5.19. The third kappa shape index (κ3) is 2.87. The molecule has 0 radical (unpaired) electrons. The molecule has 0 amide bonds. The smallest absolute Gasteiger partial charge is 0.387 e. The number of nitrogens with two attached hydrogens (primary N) is 1. The van der Waals surface area contributed by atoms with Crippen LogP contribution in [0.3, 0.4) is 0 Å². The van der Waals surface area contributed by atoms with E-state index in [1.165, 1.54) is 12.1 Å². The van der Waals surface area contributed by atoms with Gasteiger partial charge in [-0.2, -0.15) is 13.8 Å². The van der Waals surface area contributed by atoms with Crippen LogP contribution < -0.4 is 10.5 Å². The molecule has 0 saturated heterocycles. The molecule has 3 rings (SSSR count). The van der Waals surface area contributed by atoms with Crippen LogP contribution in [0.15, 0.2) is 28.8 Å². The van der Waals surface area contributed by atoms with Gasteiger partial charge in [-0.15, -0.1) is 0 Å². The highest BCUT2D eigenvalue weighted by Crippen LogP contribution is 2.35. The summed E-state index contributed by atoms with van der Waals surface area (Å²) in [5, 5.41) is 3.95. The molecule has 0 bridgehead atoms. The zero-order valence-electron chi connectivity index (χ0n) is 11.3. The molecular weight excluding hydrogens is 280 g/mol. The Balaban J connectivity index is 1.80. The second kappa shape index (κ2) is 5.40. The average Bonchev–Trinajstić information content (AvgIpc) is 3.09. The Kier molecular flexibility index (Phi) is 3.59. The molecule has 0 aliphatic heterocycles. The van der Waals surface area contributed by atoms with E-state index in [1.54, 1.807) is 12.1 Å². The number of alkyl halides is 2. The highest BCUT2D eigenvalue weighted by Gasteiger charge is 2.36. The summed E-state index contributed by atoms with van der Waals surface area (Å²) in [6, 6.07) is 6.04. The largest absolute Gasteiger partial charge is 0.435 e. The number of hydrogen-bond acceptors (Lipinski definition) is 5. The molecule has 1 aromatic carbocycles. The van der Waals surface area contributed by atoms with Crippen molar-refractivity contribution in [3.05, 3.63) is 30.1 Å². The minimum absolute atomic E-state index is 0.0829. The van der Waals surface area contributed by atoms with Gasteiger partial charge in [-0.25, -0.2) is 0 Å². The Morgan fingerprint density at radius 3 is 2.48 bits per heavy atom. The van der Waals surface area contributed by atoms with Crippen molar-refractivity contribution in [3.8, 4) is 17.2 Å². The Morgan fingerprint density at radius 2 is 1.86 bits per heavy atom. The molecule has 0 atom stereocenters.